The summed E-state index contributed by atoms with van der Waals surface area (Å²) in [4.78, 5) is 201. The fraction of sp³-hybridized carbons (Fsp3) is 0.554. The number of carbonyl (C=O) groups is 13. The van der Waals surface area contributed by atoms with Crippen LogP contribution in [0.5, 0.6) is 0 Å². The van der Waals surface area contributed by atoms with Crippen LogP contribution >= 0.6 is 0 Å². The average molecular weight is 1410 g/mol. The number of aliphatic hydroxyl groups excluding tert-OH is 2. The Morgan fingerprint density at radius 1 is 0.673 bits per heavy atom. The van der Waals surface area contributed by atoms with Crippen LogP contribution in [0.3, 0.4) is 0 Å². The Morgan fingerprint density at radius 3 is 1.99 bits per heavy atom. The van der Waals surface area contributed by atoms with Gasteiger partial charge < -0.3 is 107 Å². The summed E-state index contributed by atoms with van der Waals surface area (Å²) in [6.45, 7) is 1.94. The number of β-amino-alcohol motifs (C(OH)–C–C–N with tert-alkyl or cyclic N) is 1. The molecular formula is C65H96N20O16. The third kappa shape index (κ3) is 25.0. The number of hydrogen-bond acceptors (Lipinski definition) is 19. The molecule has 1 aromatic heterocycles. The molecule has 3 fully saturated rings. The Balaban J connectivity index is 1.32. The predicted octanol–water partition coefficient (Wildman–Crippen LogP) is -5.56. The van der Waals surface area contributed by atoms with Crippen molar-refractivity contribution in [1.82, 2.24) is 62.8 Å². The van der Waals surface area contributed by atoms with E-state index in [9.17, 15) is 67.7 Å². The molecule has 2 aromatic carbocycles. The van der Waals surface area contributed by atoms with E-state index in [1.165, 1.54) is 0 Å². The molecule has 12 amide bonds. The number of nitrogens with zero attached hydrogens (tertiary/aromatic N) is 4. The number of hydroxylamine groups is 1. The monoisotopic (exact) mass is 1410 g/mol. The highest BCUT2D eigenvalue weighted by Gasteiger charge is 2.46. The number of unbranched alkanes of at least 4 members (excludes halogenated alkanes) is 1. The first kappa shape index (κ1) is 79.5. The zero-order chi connectivity index (χ0) is 73.9. The normalized spacial score (nSPS) is 23.1. The number of aliphatic imine (C=N–C) groups is 2. The number of nitrogens with one attached hydrogen (secondary N) is 10. The van der Waals surface area contributed by atoms with Gasteiger partial charge in [-0.05, 0) is 75.0 Å². The molecule has 3 aliphatic rings. The van der Waals surface area contributed by atoms with Crippen molar-refractivity contribution in [2.24, 2.45) is 44.4 Å². The Morgan fingerprint density at radius 2 is 1.31 bits per heavy atom. The molecule has 12 atom stereocenters. The lowest BCUT2D eigenvalue weighted by atomic mass is 10.0. The number of fused-ring (bicyclic) bond motifs is 2. The van der Waals surface area contributed by atoms with Crippen LogP contribution in [-0.4, -0.2) is 219 Å². The first-order valence-electron chi connectivity index (χ1n) is 33.7. The van der Waals surface area contributed by atoms with Crippen LogP contribution in [0.1, 0.15) is 121 Å². The lowest BCUT2D eigenvalue weighted by Gasteiger charge is -2.32. The standard InChI is InChI=1S/C65H96N20O16/c1-3-4-17-43(79-60(97)50-29-38(87)33-84(50)62(99)45(21-13-25-73-65(70)71)80-59(96)49(31-52(66)89)76-35(2)86)55(92)81-46-22-23-53(90)101-75-26-11-10-19-42(54(67)91)77-58(95)48(28-37-32-74-41-18-9-8-16-40(37)41)82-56(93)44(20-12-24-72-64(68)69)78-57(94)47(27-36-14-6-5-7-15-36)83-61(98)51-30-39(88)34-85(51)63(46)100/h5-9,14-16,18,32,38-39,42-51,74-75,87-88H,3-4,10-13,17,19-31,33-34H2,1-2H3,(H2,66,89)(H2,67,91)(H,76,86)(H,77,95)(H,78,94)(H,79,97)(H,80,96)(H,81,92)(H,82,93)(H,83,98)(H4,68,69,72)(H4,70,71,73)/t38?,39?,42-,43-,44-,45-,46-,47+,48-,49-,50-,51-/m0/s1. The number of nitrogens with two attached hydrogens (primary N) is 6. The number of para-hydroxylation sites is 1. The summed E-state index contributed by atoms with van der Waals surface area (Å²) in [7, 11) is 0. The minimum atomic E-state index is -1.71. The third-order valence-corrected chi connectivity index (χ3v) is 17.2. The maximum Gasteiger partial charge on any atom is 0.324 e. The van der Waals surface area contributed by atoms with Crippen molar-refractivity contribution >= 4 is 99.7 Å². The second kappa shape index (κ2) is 39.3. The number of hydrogen-bond donors (Lipinski definition) is 18. The maximum atomic E-state index is 15.2. The molecule has 4 heterocycles. The van der Waals surface area contributed by atoms with Crippen LogP contribution in [0.2, 0.25) is 0 Å². The number of likely N-dealkylation sites (tertiary alicyclic amines) is 1. The molecule has 3 aliphatic heterocycles. The summed E-state index contributed by atoms with van der Waals surface area (Å²) in [6, 6.07) is 0.817. The number of guanidine groups is 2. The molecule has 0 bridgehead atoms. The van der Waals surface area contributed by atoms with Gasteiger partial charge in [0.25, 0.3) is 0 Å². The van der Waals surface area contributed by atoms with Gasteiger partial charge in [-0.25, -0.2) is 0 Å². The smallest absolute Gasteiger partial charge is 0.324 e. The third-order valence-electron chi connectivity index (χ3n) is 17.2. The van der Waals surface area contributed by atoms with E-state index in [0.717, 1.165) is 27.6 Å². The first-order valence-corrected chi connectivity index (χ1v) is 33.7. The van der Waals surface area contributed by atoms with Crippen LogP contribution < -0.4 is 82.4 Å². The van der Waals surface area contributed by atoms with Crippen molar-refractivity contribution in [3.63, 3.8) is 0 Å². The molecule has 24 N–H and O–H groups in total. The molecule has 101 heavy (non-hydrogen) atoms. The van der Waals surface area contributed by atoms with E-state index in [4.69, 9.17) is 39.2 Å². The topological polar surface area (TPSA) is 583 Å². The molecule has 0 aliphatic carbocycles. The van der Waals surface area contributed by atoms with E-state index in [1.807, 2.05) is 12.1 Å². The maximum absolute atomic E-state index is 15.2. The average Bonchev–Trinajstić information content (AvgIpc) is 1.71. The summed E-state index contributed by atoms with van der Waals surface area (Å²) in [6.07, 6.45) is -2.77. The van der Waals surface area contributed by atoms with Crippen molar-refractivity contribution in [2.75, 3.05) is 32.7 Å². The molecule has 36 nitrogen and oxygen atoms in total. The van der Waals surface area contributed by atoms with E-state index >= 15 is 4.79 Å². The number of aliphatic hydroxyl groups is 2. The second-order valence-electron chi connectivity index (χ2n) is 25.2. The van der Waals surface area contributed by atoms with Gasteiger partial charge in [-0.2, -0.15) is 5.48 Å². The number of amides is 12. The summed E-state index contributed by atoms with van der Waals surface area (Å²) in [5.41, 5.74) is 37.8. The lowest BCUT2D eigenvalue weighted by Crippen LogP contribution is -2.60. The van der Waals surface area contributed by atoms with E-state index in [2.05, 4.69) is 63.0 Å². The lowest BCUT2D eigenvalue weighted by molar-refractivity contribution is -0.152. The van der Waals surface area contributed by atoms with Crippen molar-refractivity contribution in [2.45, 2.75) is 196 Å². The molecule has 6 rings (SSSR count). The molecular weight excluding hydrogens is 1320 g/mol. The second-order valence-corrected chi connectivity index (χ2v) is 25.2. The van der Waals surface area contributed by atoms with Crippen LogP contribution in [0.4, 0.5) is 0 Å². The molecule has 552 valence electrons. The van der Waals surface area contributed by atoms with Gasteiger partial charge in [0.2, 0.25) is 70.9 Å². The number of H-pyrrole nitrogens is 1. The SMILES string of the molecule is CCCC[C@H](NC(=O)[C@@H]1CC(O)CN1C(=O)[C@H](CCCN=C(N)N)NC(=O)[C@H](CC(N)=O)NC(C)=O)C(=O)N[C@H]1CCC(=O)ONCCCC[C@@H](C(N)=O)NC(=O)[C@H](Cc2c[nH]c3ccccc23)NC(=O)[C@H](CCCN=C(N)N)NC(=O)[C@@H](Cc2ccccc2)NC(=O)[C@@H]2CC(O)CN2C1=O. The fourth-order valence-corrected chi connectivity index (χ4v) is 12.1. The zero-order valence-electron chi connectivity index (χ0n) is 56.6. The number of benzene rings is 2. The first-order chi connectivity index (χ1) is 48.1. The van der Waals surface area contributed by atoms with Crippen LogP contribution in [0.25, 0.3) is 10.9 Å². The summed E-state index contributed by atoms with van der Waals surface area (Å²) >= 11 is 0. The largest absolute Gasteiger partial charge is 0.391 e. The van der Waals surface area contributed by atoms with Gasteiger partial charge in [0.15, 0.2) is 11.9 Å². The van der Waals surface area contributed by atoms with Crippen molar-refractivity contribution in [1.29, 1.82) is 0 Å². The Bertz CT molecular complexity index is 3460. The summed E-state index contributed by atoms with van der Waals surface area (Å²) in [5, 5.41) is 44.0. The minimum Gasteiger partial charge on any atom is -0.391 e. The summed E-state index contributed by atoms with van der Waals surface area (Å²) < 4.78 is 0. The Hall–Kier alpha value is -10.5. The number of carbonyl (C=O) groups excluding carboxylic acids is 13. The number of rotatable bonds is 26. The van der Waals surface area contributed by atoms with Gasteiger partial charge in [-0.1, -0.05) is 68.3 Å². The van der Waals surface area contributed by atoms with Gasteiger partial charge in [0, 0.05) is 88.9 Å². The highest BCUT2D eigenvalue weighted by Crippen LogP contribution is 2.25. The molecule has 0 saturated carbocycles. The van der Waals surface area contributed by atoms with Gasteiger partial charge in [-0.3, -0.25) is 72.3 Å². The highest BCUT2D eigenvalue weighted by atomic mass is 16.7. The molecule has 0 radical (unpaired) electrons. The number of aromatic amines is 1. The molecule has 0 spiro atoms. The number of primary amides is 2. The highest BCUT2D eigenvalue weighted by molar-refractivity contribution is 6.00. The quantitative estimate of drug-likeness (QED) is 0.0202. The van der Waals surface area contributed by atoms with Crippen LogP contribution in [0.15, 0.2) is 70.8 Å². The van der Waals surface area contributed by atoms with Crippen molar-refractivity contribution in [3.8, 4) is 0 Å². The fourth-order valence-electron chi connectivity index (χ4n) is 12.1. The van der Waals surface area contributed by atoms with Crippen LogP contribution in [0, 0.1) is 0 Å². The van der Waals surface area contributed by atoms with Gasteiger partial charge in [-0.15, -0.1) is 0 Å². The predicted molar refractivity (Wildman–Crippen MR) is 365 cm³/mol. The van der Waals surface area contributed by atoms with Crippen molar-refractivity contribution in [3.05, 3.63) is 71.9 Å². The van der Waals surface area contributed by atoms with E-state index < -0.39 is 188 Å². The zero-order valence-corrected chi connectivity index (χ0v) is 56.6. The number of aromatic nitrogens is 1. The van der Waals surface area contributed by atoms with Gasteiger partial charge in [0.1, 0.15) is 60.4 Å². The van der Waals surface area contributed by atoms with Gasteiger partial charge >= 0.3 is 5.97 Å². The van der Waals surface area contributed by atoms with Crippen molar-refractivity contribution < 1.29 is 77.4 Å². The van der Waals surface area contributed by atoms with E-state index in [1.54, 1.807) is 55.6 Å². The molecule has 36 heteroatoms. The van der Waals surface area contributed by atoms with Gasteiger partial charge in [0.05, 0.1) is 18.6 Å². The van der Waals surface area contributed by atoms with E-state index in [-0.39, 0.29) is 102 Å². The van der Waals surface area contributed by atoms with Crippen LogP contribution in [-0.2, 0) is 80.0 Å². The summed E-state index contributed by atoms with van der Waals surface area (Å²) in [5.74, 6) is -12.3. The minimum absolute atomic E-state index is 0.0000548. The molecule has 2 unspecified atom stereocenters. The molecule has 3 saturated heterocycles. The Labute approximate surface area is 582 Å². The van der Waals surface area contributed by atoms with E-state index in [0.29, 0.717) is 24.0 Å². The Kier molecular flexibility index (Phi) is 31.0. The molecule has 3 aromatic rings.